The summed E-state index contributed by atoms with van der Waals surface area (Å²) in [5, 5.41) is 10.6. The Bertz CT molecular complexity index is 1750. The number of hydrogen-bond donors (Lipinski definition) is 3. The van der Waals surface area contributed by atoms with E-state index in [1.807, 2.05) is 0 Å². The summed E-state index contributed by atoms with van der Waals surface area (Å²) >= 11 is 0. The van der Waals surface area contributed by atoms with Crippen molar-refractivity contribution in [3.63, 3.8) is 0 Å². The number of unbranched alkanes of at least 4 members (excludes halogenated alkanes) is 44. The molecule has 0 fully saturated rings. The number of phosphoric acid groups is 2. The van der Waals surface area contributed by atoms with Crippen LogP contribution in [0.3, 0.4) is 0 Å². The van der Waals surface area contributed by atoms with Gasteiger partial charge in [0.15, 0.2) is 12.2 Å². The summed E-state index contributed by atoms with van der Waals surface area (Å²) in [6.45, 7) is 7.26. The normalized spacial score (nSPS) is 14.0. The quantitative estimate of drug-likeness (QED) is 0.0222. The number of aliphatic hydroxyl groups excluding tert-OH is 1. The molecule has 0 saturated carbocycles. The molecule has 0 spiro atoms. The molecule has 0 amide bonds. The van der Waals surface area contributed by atoms with Gasteiger partial charge in [-0.05, 0) is 31.6 Å². The van der Waals surface area contributed by atoms with Crippen molar-refractivity contribution in [2.75, 3.05) is 39.6 Å². The average molecular weight is 1340 g/mol. The van der Waals surface area contributed by atoms with E-state index in [2.05, 4.69) is 34.6 Å². The number of aliphatic hydroxyl groups is 1. The predicted molar refractivity (Wildman–Crippen MR) is 368 cm³/mol. The second-order valence-corrected chi connectivity index (χ2v) is 29.4. The van der Waals surface area contributed by atoms with Crippen LogP contribution in [0.5, 0.6) is 0 Å². The van der Waals surface area contributed by atoms with Crippen LogP contribution in [-0.4, -0.2) is 96.7 Å². The topological polar surface area (TPSA) is 237 Å². The molecular weight excluding hydrogens is 1200 g/mol. The number of esters is 4. The van der Waals surface area contributed by atoms with Gasteiger partial charge in [0.05, 0.1) is 26.4 Å². The highest BCUT2D eigenvalue weighted by Crippen LogP contribution is 2.45. The molecule has 0 saturated heterocycles. The molecule has 17 nitrogen and oxygen atoms in total. The Balaban J connectivity index is 5.22. The first-order chi connectivity index (χ1) is 44.0. The third-order valence-corrected chi connectivity index (χ3v) is 18.7. The Hall–Kier alpha value is -1.94. The lowest BCUT2D eigenvalue weighted by Crippen LogP contribution is -2.30. The summed E-state index contributed by atoms with van der Waals surface area (Å²) in [5.74, 6) is -1.34. The Labute approximate surface area is 556 Å². The zero-order valence-electron chi connectivity index (χ0n) is 59.0. The average Bonchev–Trinajstić information content (AvgIpc) is 3.47. The minimum Gasteiger partial charge on any atom is -0.462 e. The lowest BCUT2D eigenvalue weighted by Gasteiger charge is -2.21. The highest BCUT2D eigenvalue weighted by Gasteiger charge is 2.30. The van der Waals surface area contributed by atoms with Gasteiger partial charge in [-0.1, -0.05) is 324 Å². The van der Waals surface area contributed by atoms with Crippen molar-refractivity contribution in [2.24, 2.45) is 5.92 Å². The molecular formula is C72H140O17P2. The molecule has 0 radical (unpaired) electrons. The Morgan fingerprint density at radius 1 is 0.297 bits per heavy atom. The van der Waals surface area contributed by atoms with Crippen LogP contribution in [0.15, 0.2) is 0 Å². The van der Waals surface area contributed by atoms with Gasteiger partial charge in [0.2, 0.25) is 0 Å². The molecule has 2 unspecified atom stereocenters. The summed E-state index contributed by atoms with van der Waals surface area (Å²) in [5.41, 5.74) is 0. The fourth-order valence-corrected chi connectivity index (χ4v) is 12.6. The standard InChI is InChI=1S/C72H140O17P2/c1-6-9-12-15-18-21-23-25-26-28-32-36-41-46-51-56-70(75)83-62-68(89-72(77)58-53-48-43-38-34-30-29-31-35-39-44-49-54-65(4)5)64-87-91(80,81)85-60-66(73)59-84-90(78,79)86-63-67(61-82-69(74)55-50-45-40-20-17-14-11-8-3)88-71(76)57-52-47-42-37-33-27-24-22-19-16-13-10-7-2/h65-68,73H,6-64H2,1-5H3,(H,78,79)(H,80,81)/t66-,67+,68+/m0/s1. The molecule has 3 N–H and O–H groups in total. The molecule has 0 aromatic heterocycles. The number of ether oxygens (including phenoxy) is 4. The van der Waals surface area contributed by atoms with Crippen LogP contribution in [0.4, 0.5) is 0 Å². The lowest BCUT2D eigenvalue weighted by molar-refractivity contribution is -0.161. The van der Waals surface area contributed by atoms with Crippen molar-refractivity contribution in [2.45, 2.75) is 393 Å². The SMILES string of the molecule is CCCCCCCCCCCCCCCCCC(=O)OC[C@H](COP(=O)(O)OC[C@@H](O)COP(=O)(O)OC[C@@H](COC(=O)CCCCCCCCCC)OC(=O)CCCCCCCCCCCCCCC)OC(=O)CCCCCCCCCCCCCCC(C)C. The first-order valence-corrected chi connectivity index (χ1v) is 40.6. The predicted octanol–water partition coefficient (Wildman–Crippen LogP) is 20.9. The third-order valence-electron chi connectivity index (χ3n) is 16.8. The van der Waals surface area contributed by atoms with E-state index >= 15 is 0 Å². The zero-order valence-corrected chi connectivity index (χ0v) is 60.8. The molecule has 0 aliphatic carbocycles. The van der Waals surface area contributed by atoms with E-state index < -0.39 is 97.5 Å². The highest BCUT2D eigenvalue weighted by atomic mass is 31.2. The van der Waals surface area contributed by atoms with Crippen LogP contribution in [0.2, 0.25) is 0 Å². The van der Waals surface area contributed by atoms with E-state index in [1.54, 1.807) is 0 Å². The van der Waals surface area contributed by atoms with Gasteiger partial charge < -0.3 is 33.8 Å². The third kappa shape index (κ3) is 66.5. The van der Waals surface area contributed by atoms with Crippen LogP contribution < -0.4 is 0 Å². The summed E-state index contributed by atoms with van der Waals surface area (Å²) in [6, 6.07) is 0. The van der Waals surface area contributed by atoms with E-state index in [0.29, 0.717) is 25.7 Å². The molecule has 0 rings (SSSR count). The van der Waals surface area contributed by atoms with Crippen LogP contribution in [0.25, 0.3) is 0 Å². The lowest BCUT2D eigenvalue weighted by atomic mass is 10.0. The van der Waals surface area contributed by atoms with Gasteiger partial charge in [-0.25, -0.2) is 9.13 Å². The molecule has 5 atom stereocenters. The fraction of sp³-hybridized carbons (Fsp3) is 0.944. The smallest absolute Gasteiger partial charge is 0.462 e. The van der Waals surface area contributed by atoms with Crippen LogP contribution >= 0.6 is 15.6 Å². The van der Waals surface area contributed by atoms with E-state index in [1.165, 1.54) is 193 Å². The zero-order chi connectivity index (χ0) is 67.0. The minimum atomic E-state index is -4.95. The number of hydrogen-bond acceptors (Lipinski definition) is 15. The van der Waals surface area contributed by atoms with Gasteiger partial charge in [0.1, 0.15) is 19.3 Å². The Morgan fingerprint density at radius 2 is 0.505 bits per heavy atom. The second-order valence-electron chi connectivity index (χ2n) is 26.5. The Kier molecular flexibility index (Phi) is 64.0. The van der Waals surface area contributed by atoms with E-state index in [0.717, 1.165) is 102 Å². The second kappa shape index (κ2) is 65.4. The van der Waals surface area contributed by atoms with Gasteiger partial charge in [0.25, 0.3) is 0 Å². The van der Waals surface area contributed by atoms with Gasteiger partial charge in [0, 0.05) is 25.7 Å². The molecule has 0 aliphatic heterocycles. The van der Waals surface area contributed by atoms with Crippen LogP contribution in [0, 0.1) is 5.92 Å². The molecule has 19 heteroatoms. The van der Waals surface area contributed by atoms with Gasteiger partial charge in [-0.15, -0.1) is 0 Å². The van der Waals surface area contributed by atoms with Gasteiger partial charge in [-0.3, -0.25) is 37.3 Å². The van der Waals surface area contributed by atoms with E-state index in [4.69, 9.17) is 37.0 Å². The van der Waals surface area contributed by atoms with Crippen molar-refractivity contribution in [3.8, 4) is 0 Å². The Morgan fingerprint density at radius 3 is 0.747 bits per heavy atom. The maximum absolute atomic E-state index is 13.0. The van der Waals surface area contributed by atoms with E-state index in [9.17, 15) is 43.2 Å². The van der Waals surface area contributed by atoms with Crippen molar-refractivity contribution >= 4 is 39.5 Å². The maximum Gasteiger partial charge on any atom is 0.472 e. The fourth-order valence-electron chi connectivity index (χ4n) is 11.0. The van der Waals surface area contributed by atoms with Crippen LogP contribution in [-0.2, 0) is 65.4 Å². The molecule has 0 bridgehead atoms. The van der Waals surface area contributed by atoms with Gasteiger partial charge in [-0.2, -0.15) is 0 Å². The molecule has 0 aromatic rings. The number of rotatable bonds is 72. The number of phosphoric ester groups is 2. The van der Waals surface area contributed by atoms with Gasteiger partial charge >= 0.3 is 39.5 Å². The highest BCUT2D eigenvalue weighted by molar-refractivity contribution is 7.47. The van der Waals surface area contributed by atoms with Crippen molar-refractivity contribution in [3.05, 3.63) is 0 Å². The molecule has 0 aliphatic rings. The number of carbonyl (C=O) groups is 4. The van der Waals surface area contributed by atoms with Crippen LogP contribution in [0.1, 0.15) is 375 Å². The van der Waals surface area contributed by atoms with E-state index in [-0.39, 0.29) is 25.7 Å². The molecule has 540 valence electrons. The molecule has 0 heterocycles. The largest absolute Gasteiger partial charge is 0.472 e. The summed E-state index contributed by atoms with van der Waals surface area (Å²) in [4.78, 5) is 72.6. The summed E-state index contributed by atoms with van der Waals surface area (Å²) < 4.78 is 68.3. The first-order valence-electron chi connectivity index (χ1n) is 37.6. The molecule has 91 heavy (non-hydrogen) atoms. The van der Waals surface area contributed by atoms with Crippen molar-refractivity contribution < 1.29 is 80.2 Å². The van der Waals surface area contributed by atoms with Crippen molar-refractivity contribution in [1.82, 2.24) is 0 Å². The number of carbonyl (C=O) groups excluding carboxylic acids is 4. The van der Waals surface area contributed by atoms with Crippen molar-refractivity contribution in [1.29, 1.82) is 0 Å². The first kappa shape index (κ1) is 89.1. The minimum absolute atomic E-state index is 0.108. The monoisotopic (exact) mass is 1340 g/mol. The summed E-state index contributed by atoms with van der Waals surface area (Å²) in [6.07, 6.45) is 52.6. The summed E-state index contributed by atoms with van der Waals surface area (Å²) in [7, 11) is -9.90. The molecule has 0 aromatic carbocycles. The maximum atomic E-state index is 13.0.